The van der Waals surface area contributed by atoms with Gasteiger partial charge < -0.3 is 10.6 Å². The number of hydrogen-bond donors (Lipinski definition) is 2. The van der Waals surface area contributed by atoms with Gasteiger partial charge in [0.05, 0.1) is 0 Å². The van der Waals surface area contributed by atoms with Crippen LogP contribution in [0.25, 0.3) is 0 Å². The summed E-state index contributed by atoms with van der Waals surface area (Å²) in [4.78, 5) is 32.1. The largest absolute Gasteiger partial charge is 0.324 e. The molecule has 26 heavy (non-hydrogen) atoms. The number of ketones is 1. The molecule has 6 heteroatoms. The third-order valence-corrected chi connectivity index (χ3v) is 3.83. The van der Waals surface area contributed by atoms with Crippen molar-refractivity contribution in [1.82, 2.24) is 9.97 Å². The number of Topliss-reactive ketones (excluding diaryl/α,β-unsaturated/α-hetero) is 1. The second-order valence-corrected chi connectivity index (χ2v) is 5.79. The summed E-state index contributed by atoms with van der Waals surface area (Å²) in [6, 6.07) is 16.1. The number of nitrogens with one attached hydrogen (secondary N) is 2. The number of rotatable bonds is 5. The fourth-order valence-electron chi connectivity index (χ4n) is 2.36. The number of benzene rings is 2. The number of anilines is 3. The van der Waals surface area contributed by atoms with E-state index in [1.807, 2.05) is 31.2 Å². The summed E-state index contributed by atoms with van der Waals surface area (Å²) in [7, 11) is 0. The highest BCUT2D eigenvalue weighted by atomic mass is 16.2. The van der Waals surface area contributed by atoms with Crippen LogP contribution < -0.4 is 10.6 Å². The molecule has 130 valence electrons. The van der Waals surface area contributed by atoms with Crippen molar-refractivity contribution < 1.29 is 9.59 Å². The highest BCUT2D eigenvalue weighted by molar-refractivity contribution is 6.03. The Kier molecular flexibility index (Phi) is 5.03. The van der Waals surface area contributed by atoms with Crippen molar-refractivity contribution in [3.05, 3.63) is 77.6 Å². The van der Waals surface area contributed by atoms with E-state index in [4.69, 9.17) is 0 Å². The third-order valence-electron chi connectivity index (χ3n) is 3.83. The maximum absolute atomic E-state index is 12.4. The number of hydrogen-bond acceptors (Lipinski definition) is 5. The van der Waals surface area contributed by atoms with Crippen LogP contribution >= 0.6 is 0 Å². The summed E-state index contributed by atoms with van der Waals surface area (Å²) in [6.45, 7) is 3.44. The van der Waals surface area contributed by atoms with E-state index in [0.29, 0.717) is 11.5 Å². The average Bonchev–Trinajstić information content (AvgIpc) is 2.64. The SMILES string of the molecule is CC(=O)c1ccc(Nc2nccc(C(=O)Nc3ccccc3C)n2)cc1. The van der Waals surface area contributed by atoms with Crippen molar-refractivity contribution in [3.63, 3.8) is 0 Å². The van der Waals surface area contributed by atoms with Crippen molar-refractivity contribution in [2.24, 2.45) is 0 Å². The first-order chi connectivity index (χ1) is 12.5. The highest BCUT2D eigenvalue weighted by Gasteiger charge is 2.10. The minimum absolute atomic E-state index is 0.00248. The Morgan fingerprint density at radius 2 is 1.69 bits per heavy atom. The molecular weight excluding hydrogens is 328 g/mol. The van der Waals surface area contributed by atoms with Crippen LogP contribution in [0.4, 0.5) is 17.3 Å². The number of aryl methyl sites for hydroxylation is 1. The first-order valence-corrected chi connectivity index (χ1v) is 8.11. The number of carbonyl (C=O) groups is 2. The van der Waals surface area contributed by atoms with Gasteiger partial charge in [-0.15, -0.1) is 0 Å². The van der Waals surface area contributed by atoms with Crippen LogP contribution in [0, 0.1) is 6.92 Å². The molecule has 0 saturated carbocycles. The van der Waals surface area contributed by atoms with Gasteiger partial charge in [0.2, 0.25) is 5.95 Å². The second kappa shape index (κ2) is 7.57. The molecule has 0 spiro atoms. The predicted octanol–water partition coefficient (Wildman–Crippen LogP) is 3.98. The quantitative estimate of drug-likeness (QED) is 0.683. The summed E-state index contributed by atoms with van der Waals surface area (Å²) >= 11 is 0. The van der Waals surface area contributed by atoms with Gasteiger partial charge in [0.15, 0.2) is 5.78 Å². The van der Waals surface area contributed by atoms with Crippen molar-refractivity contribution in [1.29, 1.82) is 0 Å². The molecule has 0 saturated heterocycles. The van der Waals surface area contributed by atoms with Gasteiger partial charge in [-0.2, -0.15) is 0 Å². The first kappa shape index (κ1) is 17.3. The second-order valence-electron chi connectivity index (χ2n) is 5.79. The molecule has 2 aromatic carbocycles. The Morgan fingerprint density at radius 3 is 2.38 bits per heavy atom. The van der Waals surface area contributed by atoms with Gasteiger partial charge >= 0.3 is 0 Å². The van der Waals surface area contributed by atoms with Gasteiger partial charge in [-0.25, -0.2) is 9.97 Å². The molecule has 0 radical (unpaired) electrons. The van der Waals surface area contributed by atoms with Crippen LogP contribution in [-0.4, -0.2) is 21.7 Å². The fraction of sp³-hybridized carbons (Fsp3) is 0.100. The molecule has 0 aliphatic heterocycles. The minimum atomic E-state index is -0.309. The highest BCUT2D eigenvalue weighted by Crippen LogP contribution is 2.16. The van der Waals surface area contributed by atoms with E-state index in [2.05, 4.69) is 20.6 Å². The van der Waals surface area contributed by atoms with E-state index >= 15 is 0 Å². The monoisotopic (exact) mass is 346 g/mol. The molecule has 1 heterocycles. The van der Waals surface area contributed by atoms with Crippen molar-refractivity contribution in [3.8, 4) is 0 Å². The van der Waals surface area contributed by atoms with Crippen molar-refractivity contribution in [2.75, 3.05) is 10.6 Å². The lowest BCUT2D eigenvalue weighted by molar-refractivity contribution is 0.101. The molecule has 0 aliphatic carbocycles. The maximum Gasteiger partial charge on any atom is 0.274 e. The van der Waals surface area contributed by atoms with Gasteiger partial charge in [0, 0.05) is 23.1 Å². The molecule has 2 N–H and O–H groups in total. The van der Waals surface area contributed by atoms with Crippen molar-refractivity contribution in [2.45, 2.75) is 13.8 Å². The smallest absolute Gasteiger partial charge is 0.274 e. The summed E-state index contributed by atoms with van der Waals surface area (Å²) in [5, 5.41) is 5.87. The zero-order valence-corrected chi connectivity index (χ0v) is 14.5. The number of nitrogens with zero attached hydrogens (tertiary/aromatic N) is 2. The molecule has 3 aromatic rings. The van der Waals surface area contributed by atoms with Gasteiger partial charge in [0.25, 0.3) is 5.91 Å². The number of amides is 1. The third kappa shape index (κ3) is 4.10. The van der Waals surface area contributed by atoms with Gasteiger partial charge in [-0.3, -0.25) is 9.59 Å². The molecule has 3 rings (SSSR count). The number of aromatic nitrogens is 2. The Bertz CT molecular complexity index is 952. The Hall–Kier alpha value is -3.54. The number of carbonyl (C=O) groups excluding carboxylic acids is 2. The molecule has 0 aliphatic rings. The van der Waals surface area contributed by atoms with Crippen LogP contribution in [0.1, 0.15) is 33.3 Å². The molecule has 0 atom stereocenters. The maximum atomic E-state index is 12.4. The molecular formula is C20H18N4O2. The zero-order valence-electron chi connectivity index (χ0n) is 14.5. The minimum Gasteiger partial charge on any atom is -0.324 e. The topological polar surface area (TPSA) is 84.0 Å². The molecule has 6 nitrogen and oxygen atoms in total. The lowest BCUT2D eigenvalue weighted by Gasteiger charge is -2.09. The summed E-state index contributed by atoms with van der Waals surface area (Å²) in [5.41, 5.74) is 3.32. The van der Waals surface area contributed by atoms with Gasteiger partial charge in [0.1, 0.15) is 5.69 Å². The summed E-state index contributed by atoms with van der Waals surface area (Å²) in [5.74, 6) is -0.00244. The lowest BCUT2D eigenvalue weighted by Crippen LogP contribution is -2.15. The summed E-state index contributed by atoms with van der Waals surface area (Å²) in [6.07, 6.45) is 1.52. The molecule has 1 amide bonds. The Morgan fingerprint density at radius 1 is 0.962 bits per heavy atom. The first-order valence-electron chi connectivity index (χ1n) is 8.11. The molecule has 0 bridgehead atoms. The molecule has 0 unspecified atom stereocenters. The van der Waals surface area contributed by atoms with E-state index in [1.165, 1.54) is 13.1 Å². The van der Waals surface area contributed by atoms with Crippen LogP contribution in [0.2, 0.25) is 0 Å². The van der Waals surface area contributed by atoms with E-state index in [9.17, 15) is 9.59 Å². The van der Waals surface area contributed by atoms with Gasteiger partial charge in [-0.05, 0) is 55.8 Å². The van der Waals surface area contributed by atoms with Crippen LogP contribution in [0.15, 0.2) is 60.8 Å². The van der Waals surface area contributed by atoms with Crippen LogP contribution in [0.3, 0.4) is 0 Å². The van der Waals surface area contributed by atoms with Crippen molar-refractivity contribution >= 4 is 29.0 Å². The summed E-state index contributed by atoms with van der Waals surface area (Å²) < 4.78 is 0. The average molecular weight is 346 g/mol. The van der Waals surface area contributed by atoms with E-state index in [0.717, 1.165) is 16.9 Å². The van der Waals surface area contributed by atoms with Crippen LogP contribution in [0.5, 0.6) is 0 Å². The van der Waals surface area contributed by atoms with E-state index in [1.54, 1.807) is 30.3 Å². The molecule has 1 aromatic heterocycles. The Balaban J connectivity index is 1.74. The predicted molar refractivity (Wildman–Crippen MR) is 101 cm³/mol. The Labute approximate surface area is 151 Å². The van der Waals surface area contributed by atoms with E-state index in [-0.39, 0.29) is 17.4 Å². The standard InChI is InChI=1S/C20H18N4O2/c1-13-5-3-4-6-17(13)23-19(26)18-11-12-21-20(24-18)22-16-9-7-15(8-10-16)14(2)25/h3-12H,1-2H3,(H,23,26)(H,21,22,24). The molecule has 0 fully saturated rings. The normalized spacial score (nSPS) is 10.2. The fourth-order valence-corrected chi connectivity index (χ4v) is 2.36. The number of para-hydroxylation sites is 1. The lowest BCUT2D eigenvalue weighted by atomic mass is 10.1. The van der Waals surface area contributed by atoms with E-state index < -0.39 is 0 Å². The van der Waals surface area contributed by atoms with Crippen LogP contribution in [-0.2, 0) is 0 Å². The van der Waals surface area contributed by atoms with Gasteiger partial charge in [-0.1, -0.05) is 18.2 Å². The zero-order chi connectivity index (χ0) is 18.5.